The van der Waals surface area contributed by atoms with Crippen LogP contribution in [0.4, 0.5) is 4.79 Å². The van der Waals surface area contributed by atoms with Crippen LogP contribution in [0.25, 0.3) is 0 Å². The van der Waals surface area contributed by atoms with Crippen molar-refractivity contribution in [1.82, 2.24) is 9.88 Å². The topological polar surface area (TPSA) is 59.5 Å². The Balaban J connectivity index is 1.68. The van der Waals surface area contributed by atoms with Gasteiger partial charge in [0.15, 0.2) is 0 Å². The lowest BCUT2D eigenvalue weighted by atomic mass is 9.90. The van der Waals surface area contributed by atoms with E-state index in [0.717, 1.165) is 37.9 Å². The largest absolute Gasteiger partial charge is 0.444 e. The Bertz CT molecular complexity index is 543. The van der Waals surface area contributed by atoms with Crippen LogP contribution >= 0.6 is 0 Å². The molecule has 5 nitrogen and oxygen atoms in total. The number of Topliss-reactive ketones (excluding diaryl/α,β-unsaturated/α-hetero) is 1. The van der Waals surface area contributed by atoms with Gasteiger partial charge in [0, 0.05) is 38.3 Å². The first-order valence-electron chi connectivity index (χ1n) is 8.72. The molecule has 132 valence electrons. The first kappa shape index (κ1) is 18.4. The lowest BCUT2D eigenvalue weighted by Crippen LogP contribution is -2.41. The Morgan fingerprint density at radius 2 is 1.83 bits per heavy atom. The highest BCUT2D eigenvalue weighted by Crippen LogP contribution is 2.23. The van der Waals surface area contributed by atoms with Gasteiger partial charge in [-0.2, -0.15) is 0 Å². The Kier molecular flexibility index (Phi) is 6.35. The standard InChI is InChI=1S/C19H28N2O3/c1-19(2,3)24-18(23)21-12-8-15(9-13-21)4-5-17(22)14-16-6-10-20-11-7-16/h6-7,10-11,15H,4-5,8-9,12-14H2,1-3H3. The predicted octanol–water partition coefficient (Wildman–Crippen LogP) is 3.62. The summed E-state index contributed by atoms with van der Waals surface area (Å²) in [4.78, 5) is 29.9. The van der Waals surface area contributed by atoms with Crippen molar-refractivity contribution in [2.45, 2.75) is 58.5 Å². The molecule has 1 aliphatic heterocycles. The van der Waals surface area contributed by atoms with Crippen LogP contribution in [-0.4, -0.2) is 40.5 Å². The van der Waals surface area contributed by atoms with Crippen LogP contribution in [0.2, 0.25) is 0 Å². The van der Waals surface area contributed by atoms with Gasteiger partial charge in [0.2, 0.25) is 0 Å². The number of ether oxygens (including phenoxy) is 1. The zero-order valence-electron chi connectivity index (χ0n) is 15.0. The van der Waals surface area contributed by atoms with Crippen LogP contribution in [0.5, 0.6) is 0 Å². The molecule has 1 aliphatic rings. The number of amides is 1. The number of ketones is 1. The van der Waals surface area contributed by atoms with Crippen molar-refractivity contribution < 1.29 is 14.3 Å². The van der Waals surface area contributed by atoms with E-state index in [1.54, 1.807) is 17.3 Å². The van der Waals surface area contributed by atoms with E-state index in [1.165, 1.54) is 0 Å². The Hall–Kier alpha value is -1.91. The molecule has 24 heavy (non-hydrogen) atoms. The summed E-state index contributed by atoms with van der Waals surface area (Å²) in [7, 11) is 0. The maximum absolute atomic E-state index is 12.1. The summed E-state index contributed by atoms with van der Waals surface area (Å²) in [5.74, 6) is 0.792. The Morgan fingerprint density at radius 3 is 2.42 bits per heavy atom. The summed E-state index contributed by atoms with van der Waals surface area (Å²) >= 11 is 0. The fourth-order valence-electron chi connectivity index (χ4n) is 2.91. The summed E-state index contributed by atoms with van der Waals surface area (Å²) in [5, 5.41) is 0. The molecule has 0 aromatic carbocycles. The number of nitrogens with zero attached hydrogens (tertiary/aromatic N) is 2. The van der Waals surface area contributed by atoms with Crippen LogP contribution in [-0.2, 0) is 16.0 Å². The fourth-order valence-corrected chi connectivity index (χ4v) is 2.91. The van der Waals surface area contributed by atoms with Crippen molar-refractivity contribution in [2.24, 2.45) is 5.92 Å². The molecule has 2 rings (SSSR count). The second-order valence-electron chi connectivity index (χ2n) is 7.52. The van der Waals surface area contributed by atoms with Gasteiger partial charge in [0.1, 0.15) is 11.4 Å². The summed E-state index contributed by atoms with van der Waals surface area (Å²) in [5.41, 5.74) is 0.572. The molecule has 1 fully saturated rings. The van der Waals surface area contributed by atoms with Crippen molar-refractivity contribution in [2.75, 3.05) is 13.1 Å². The van der Waals surface area contributed by atoms with E-state index in [1.807, 2.05) is 32.9 Å². The molecule has 0 bridgehead atoms. The lowest BCUT2D eigenvalue weighted by molar-refractivity contribution is -0.118. The number of hydrogen-bond acceptors (Lipinski definition) is 4. The highest BCUT2D eigenvalue weighted by atomic mass is 16.6. The molecule has 1 aromatic heterocycles. The number of carbonyl (C=O) groups excluding carboxylic acids is 2. The summed E-state index contributed by atoms with van der Waals surface area (Å²) in [6, 6.07) is 3.77. The average Bonchev–Trinajstić information content (AvgIpc) is 2.53. The molecule has 5 heteroatoms. The van der Waals surface area contributed by atoms with Gasteiger partial charge in [-0.05, 0) is 63.6 Å². The van der Waals surface area contributed by atoms with E-state index in [4.69, 9.17) is 4.74 Å². The number of pyridine rings is 1. The molecule has 0 unspecified atom stereocenters. The first-order valence-corrected chi connectivity index (χ1v) is 8.72. The summed E-state index contributed by atoms with van der Waals surface area (Å²) < 4.78 is 5.40. The molecule has 0 atom stereocenters. The molecule has 0 saturated carbocycles. The van der Waals surface area contributed by atoms with Gasteiger partial charge in [-0.1, -0.05) is 0 Å². The third-order valence-corrected chi connectivity index (χ3v) is 4.25. The molecule has 0 spiro atoms. The zero-order valence-corrected chi connectivity index (χ0v) is 15.0. The van der Waals surface area contributed by atoms with Gasteiger partial charge in [-0.25, -0.2) is 4.79 Å². The second-order valence-corrected chi connectivity index (χ2v) is 7.52. The molecular formula is C19H28N2O3. The van der Waals surface area contributed by atoms with E-state index in [0.29, 0.717) is 18.8 Å². The number of hydrogen-bond donors (Lipinski definition) is 0. The van der Waals surface area contributed by atoms with Crippen LogP contribution < -0.4 is 0 Å². The van der Waals surface area contributed by atoms with Crippen molar-refractivity contribution in [3.8, 4) is 0 Å². The van der Waals surface area contributed by atoms with E-state index >= 15 is 0 Å². The van der Waals surface area contributed by atoms with Gasteiger partial charge in [0.05, 0.1) is 0 Å². The number of aromatic nitrogens is 1. The maximum atomic E-state index is 12.1. The Labute approximate surface area is 144 Å². The number of piperidine rings is 1. The van der Waals surface area contributed by atoms with Crippen LogP contribution in [0.3, 0.4) is 0 Å². The van der Waals surface area contributed by atoms with Gasteiger partial charge in [0.25, 0.3) is 0 Å². The van der Waals surface area contributed by atoms with Crippen molar-refractivity contribution >= 4 is 11.9 Å². The van der Waals surface area contributed by atoms with E-state index in [9.17, 15) is 9.59 Å². The van der Waals surface area contributed by atoms with Crippen molar-refractivity contribution in [3.63, 3.8) is 0 Å². The fraction of sp³-hybridized carbons (Fsp3) is 0.632. The quantitative estimate of drug-likeness (QED) is 0.826. The number of likely N-dealkylation sites (tertiary alicyclic amines) is 1. The minimum Gasteiger partial charge on any atom is -0.444 e. The molecular weight excluding hydrogens is 304 g/mol. The van der Waals surface area contributed by atoms with Gasteiger partial charge < -0.3 is 9.64 Å². The Morgan fingerprint density at radius 1 is 1.21 bits per heavy atom. The normalized spacial score (nSPS) is 16.0. The van der Waals surface area contributed by atoms with Gasteiger partial charge in [-0.15, -0.1) is 0 Å². The lowest BCUT2D eigenvalue weighted by Gasteiger charge is -2.33. The molecule has 1 saturated heterocycles. The van der Waals surface area contributed by atoms with E-state index < -0.39 is 5.60 Å². The summed E-state index contributed by atoms with van der Waals surface area (Å²) in [6.45, 7) is 7.08. The van der Waals surface area contributed by atoms with Crippen LogP contribution in [0.15, 0.2) is 24.5 Å². The van der Waals surface area contributed by atoms with Crippen molar-refractivity contribution in [1.29, 1.82) is 0 Å². The third-order valence-electron chi connectivity index (χ3n) is 4.25. The average molecular weight is 332 g/mol. The molecule has 1 amide bonds. The monoisotopic (exact) mass is 332 g/mol. The van der Waals surface area contributed by atoms with Gasteiger partial charge in [-0.3, -0.25) is 9.78 Å². The van der Waals surface area contributed by atoms with Gasteiger partial charge >= 0.3 is 6.09 Å². The van der Waals surface area contributed by atoms with Crippen LogP contribution in [0, 0.1) is 5.92 Å². The smallest absolute Gasteiger partial charge is 0.410 e. The second kappa shape index (κ2) is 8.27. The summed E-state index contributed by atoms with van der Waals surface area (Å²) in [6.07, 6.45) is 7.10. The predicted molar refractivity (Wildman–Crippen MR) is 92.7 cm³/mol. The van der Waals surface area contributed by atoms with Crippen LogP contribution in [0.1, 0.15) is 52.0 Å². The molecule has 2 heterocycles. The number of rotatable bonds is 5. The SMILES string of the molecule is CC(C)(C)OC(=O)N1CCC(CCC(=O)Cc2ccncc2)CC1. The van der Waals surface area contributed by atoms with Crippen molar-refractivity contribution in [3.05, 3.63) is 30.1 Å². The maximum Gasteiger partial charge on any atom is 0.410 e. The highest BCUT2D eigenvalue weighted by molar-refractivity contribution is 5.80. The third kappa shape index (κ3) is 6.30. The molecule has 0 radical (unpaired) electrons. The highest BCUT2D eigenvalue weighted by Gasteiger charge is 2.26. The van der Waals surface area contributed by atoms with E-state index in [-0.39, 0.29) is 11.9 Å². The van der Waals surface area contributed by atoms with E-state index in [2.05, 4.69) is 4.98 Å². The number of carbonyl (C=O) groups is 2. The minimum atomic E-state index is -0.451. The zero-order chi connectivity index (χ0) is 17.6. The minimum absolute atomic E-state index is 0.227. The molecule has 0 N–H and O–H groups in total. The molecule has 1 aromatic rings. The molecule has 0 aliphatic carbocycles. The first-order chi connectivity index (χ1) is 11.3.